The number of hydrogen-bond donors (Lipinski definition) is 3. The molecule has 0 bridgehead atoms. The molecule has 2 unspecified atom stereocenters. The molecule has 4 heteroatoms. The maximum absolute atomic E-state index is 11.6. The Morgan fingerprint density at radius 3 is 2.80 bits per heavy atom. The van der Waals surface area contributed by atoms with Crippen LogP contribution in [0.15, 0.2) is 0 Å². The summed E-state index contributed by atoms with van der Waals surface area (Å²) in [5.74, 6) is -0.136. The fourth-order valence-electron chi connectivity index (χ4n) is 1.93. The molecule has 0 spiro atoms. The fraction of sp³-hybridized carbons (Fsp3) is 0.909. The summed E-state index contributed by atoms with van der Waals surface area (Å²) in [5.41, 5.74) is 5.62. The molecule has 0 aromatic carbocycles. The van der Waals surface area contributed by atoms with E-state index in [1.165, 1.54) is 0 Å². The lowest BCUT2D eigenvalue weighted by atomic mass is 10.1. The van der Waals surface area contributed by atoms with Gasteiger partial charge in [-0.05, 0) is 19.3 Å². The minimum absolute atomic E-state index is 0.0994. The first kappa shape index (κ1) is 12.5. The molecule has 88 valence electrons. The standard InChI is InChI=1S/C11H22N2O2/c1-2-8(12)11(15)13-9-6-4-3-5-7-10(9)14/h8-10,14H,2-7,12H2,1H3,(H,13,15)/t8-,9?,10?/m0/s1. The van der Waals surface area contributed by atoms with Crippen molar-refractivity contribution in [3.63, 3.8) is 0 Å². The van der Waals surface area contributed by atoms with Crippen molar-refractivity contribution in [2.75, 3.05) is 0 Å². The minimum Gasteiger partial charge on any atom is -0.391 e. The molecule has 15 heavy (non-hydrogen) atoms. The Morgan fingerprint density at radius 1 is 1.47 bits per heavy atom. The average molecular weight is 214 g/mol. The van der Waals surface area contributed by atoms with Crippen molar-refractivity contribution in [1.82, 2.24) is 5.32 Å². The molecular weight excluding hydrogens is 192 g/mol. The van der Waals surface area contributed by atoms with E-state index in [1.54, 1.807) is 0 Å². The summed E-state index contributed by atoms with van der Waals surface area (Å²) in [4.78, 5) is 11.6. The van der Waals surface area contributed by atoms with Gasteiger partial charge in [0, 0.05) is 0 Å². The van der Waals surface area contributed by atoms with Crippen LogP contribution in [-0.2, 0) is 4.79 Å². The first-order valence-corrected chi connectivity index (χ1v) is 5.89. The van der Waals surface area contributed by atoms with Gasteiger partial charge in [-0.15, -0.1) is 0 Å². The Balaban J connectivity index is 2.44. The van der Waals surface area contributed by atoms with E-state index in [1.807, 2.05) is 6.92 Å². The molecule has 0 aromatic heterocycles. The highest BCUT2D eigenvalue weighted by molar-refractivity contribution is 5.81. The van der Waals surface area contributed by atoms with Crippen LogP contribution in [0.25, 0.3) is 0 Å². The van der Waals surface area contributed by atoms with Gasteiger partial charge in [-0.2, -0.15) is 0 Å². The Bertz CT molecular complexity index is 209. The van der Waals surface area contributed by atoms with E-state index in [2.05, 4.69) is 5.32 Å². The number of amides is 1. The highest BCUT2D eigenvalue weighted by Gasteiger charge is 2.24. The van der Waals surface area contributed by atoms with E-state index in [4.69, 9.17) is 5.73 Å². The van der Waals surface area contributed by atoms with E-state index in [0.717, 1.165) is 32.1 Å². The van der Waals surface area contributed by atoms with Gasteiger partial charge in [-0.1, -0.05) is 26.2 Å². The lowest BCUT2D eigenvalue weighted by molar-refractivity contribution is -0.124. The highest BCUT2D eigenvalue weighted by Crippen LogP contribution is 2.18. The van der Waals surface area contributed by atoms with Crippen LogP contribution in [0.2, 0.25) is 0 Å². The van der Waals surface area contributed by atoms with E-state index in [-0.39, 0.29) is 11.9 Å². The Morgan fingerprint density at radius 2 is 2.13 bits per heavy atom. The summed E-state index contributed by atoms with van der Waals surface area (Å²) in [6, 6.07) is -0.543. The van der Waals surface area contributed by atoms with E-state index >= 15 is 0 Å². The van der Waals surface area contributed by atoms with Crippen LogP contribution in [-0.4, -0.2) is 29.2 Å². The van der Waals surface area contributed by atoms with Gasteiger partial charge >= 0.3 is 0 Å². The van der Waals surface area contributed by atoms with Crippen LogP contribution >= 0.6 is 0 Å². The van der Waals surface area contributed by atoms with Crippen LogP contribution < -0.4 is 11.1 Å². The maximum Gasteiger partial charge on any atom is 0.237 e. The number of aliphatic hydroxyl groups is 1. The summed E-state index contributed by atoms with van der Waals surface area (Å²) >= 11 is 0. The zero-order valence-corrected chi connectivity index (χ0v) is 9.41. The van der Waals surface area contributed by atoms with Crippen LogP contribution in [0.4, 0.5) is 0 Å². The van der Waals surface area contributed by atoms with Gasteiger partial charge < -0.3 is 16.2 Å². The second-order valence-electron chi connectivity index (χ2n) is 4.34. The number of hydrogen-bond acceptors (Lipinski definition) is 3. The zero-order chi connectivity index (χ0) is 11.3. The van der Waals surface area contributed by atoms with Gasteiger partial charge in [0.2, 0.25) is 5.91 Å². The van der Waals surface area contributed by atoms with Crippen molar-refractivity contribution in [2.24, 2.45) is 5.73 Å². The number of carbonyl (C=O) groups is 1. The van der Waals surface area contributed by atoms with Gasteiger partial charge in [-0.3, -0.25) is 4.79 Å². The predicted molar refractivity (Wildman–Crippen MR) is 59.3 cm³/mol. The molecule has 4 nitrogen and oxygen atoms in total. The van der Waals surface area contributed by atoms with Crippen molar-refractivity contribution in [3.8, 4) is 0 Å². The van der Waals surface area contributed by atoms with E-state index in [0.29, 0.717) is 6.42 Å². The van der Waals surface area contributed by atoms with Crippen molar-refractivity contribution in [1.29, 1.82) is 0 Å². The van der Waals surface area contributed by atoms with Gasteiger partial charge in [0.1, 0.15) is 0 Å². The first-order valence-electron chi connectivity index (χ1n) is 5.89. The second-order valence-corrected chi connectivity index (χ2v) is 4.34. The molecule has 1 aliphatic rings. The van der Waals surface area contributed by atoms with Gasteiger partial charge in [0.15, 0.2) is 0 Å². The molecule has 4 N–H and O–H groups in total. The SMILES string of the molecule is CC[C@H](N)C(=O)NC1CCCCCC1O. The molecule has 0 radical (unpaired) electrons. The topological polar surface area (TPSA) is 75.4 Å². The quantitative estimate of drug-likeness (QED) is 0.600. The van der Waals surface area contributed by atoms with Crippen molar-refractivity contribution < 1.29 is 9.90 Å². The average Bonchev–Trinajstić information content (AvgIpc) is 2.43. The molecular formula is C11H22N2O2. The van der Waals surface area contributed by atoms with Crippen LogP contribution in [0.1, 0.15) is 45.4 Å². The van der Waals surface area contributed by atoms with Gasteiger partial charge in [0.25, 0.3) is 0 Å². The maximum atomic E-state index is 11.6. The summed E-state index contributed by atoms with van der Waals surface area (Å²) in [5, 5.41) is 12.6. The fourth-order valence-corrected chi connectivity index (χ4v) is 1.93. The molecule has 1 fully saturated rings. The molecule has 0 aliphatic heterocycles. The van der Waals surface area contributed by atoms with Crippen LogP contribution in [0, 0.1) is 0 Å². The van der Waals surface area contributed by atoms with Crippen molar-refractivity contribution in [2.45, 2.75) is 63.6 Å². The lowest BCUT2D eigenvalue weighted by Crippen LogP contribution is -2.49. The number of nitrogens with one attached hydrogen (secondary N) is 1. The number of carbonyl (C=O) groups excluding carboxylic acids is 1. The van der Waals surface area contributed by atoms with Crippen molar-refractivity contribution in [3.05, 3.63) is 0 Å². The second kappa shape index (κ2) is 6.08. The Labute approximate surface area is 91.2 Å². The molecule has 1 saturated carbocycles. The summed E-state index contributed by atoms with van der Waals surface area (Å²) < 4.78 is 0. The third-order valence-corrected chi connectivity index (χ3v) is 3.08. The molecule has 3 atom stereocenters. The van der Waals surface area contributed by atoms with E-state index in [9.17, 15) is 9.90 Å². The third-order valence-electron chi connectivity index (χ3n) is 3.08. The minimum atomic E-state index is -0.444. The van der Waals surface area contributed by atoms with Crippen molar-refractivity contribution >= 4 is 5.91 Å². The first-order chi connectivity index (χ1) is 7.15. The number of rotatable bonds is 3. The summed E-state index contributed by atoms with van der Waals surface area (Å²) in [7, 11) is 0. The molecule has 0 aromatic rings. The molecule has 0 heterocycles. The third kappa shape index (κ3) is 3.80. The molecule has 1 amide bonds. The van der Waals surface area contributed by atoms with Gasteiger partial charge in [0.05, 0.1) is 18.2 Å². The van der Waals surface area contributed by atoms with E-state index < -0.39 is 12.1 Å². The molecule has 1 rings (SSSR count). The Hall–Kier alpha value is -0.610. The summed E-state index contributed by atoms with van der Waals surface area (Å²) in [6.45, 7) is 1.88. The lowest BCUT2D eigenvalue weighted by Gasteiger charge is -2.23. The highest BCUT2D eigenvalue weighted by atomic mass is 16.3. The predicted octanol–water partition coefficient (Wildman–Crippen LogP) is 0.533. The van der Waals surface area contributed by atoms with Crippen LogP contribution in [0.3, 0.4) is 0 Å². The monoisotopic (exact) mass is 214 g/mol. The number of aliphatic hydroxyl groups excluding tert-OH is 1. The molecule has 0 saturated heterocycles. The van der Waals surface area contributed by atoms with Crippen LogP contribution in [0.5, 0.6) is 0 Å². The zero-order valence-electron chi connectivity index (χ0n) is 9.41. The normalized spacial score (nSPS) is 29.3. The van der Waals surface area contributed by atoms with Gasteiger partial charge in [-0.25, -0.2) is 0 Å². The number of nitrogens with two attached hydrogens (primary N) is 1. The molecule has 1 aliphatic carbocycles. The Kier molecular flexibility index (Phi) is 5.05. The summed E-state index contributed by atoms with van der Waals surface area (Å²) in [6.07, 6.45) is 5.14. The largest absolute Gasteiger partial charge is 0.391 e. The smallest absolute Gasteiger partial charge is 0.237 e.